The minimum atomic E-state index is 1.03. The summed E-state index contributed by atoms with van der Waals surface area (Å²) in [6, 6.07) is 15.1. The van der Waals surface area contributed by atoms with Crippen molar-refractivity contribution >= 4 is 17.6 Å². The standard InChI is InChI=1S/C17H21N3S/c1-2-18-20-12-10-19(11-13-20)14-16-8-9-17(21-16)15-6-4-3-5-7-15/h2-9H,10-14H2,1H3/b18-2+. The van der Waals surface area contributed by atoms with E-state index in [0.29, 0.717) is 0 Å². The Morgan fingerprint density at radius 2 is 1.81 bits per heavy atom. The van der Waals surface area contributed by atoms with Gasteiger partial charge in [0, 0.05) is 48.7 Å². The maximum Gasteiger partial charge on any atom is 0.0488 e. The highest BCUT2D eigenvalue weighted by molar-refractivity contribution is 7.15. The topological polar surface area (TPSA) is 18.8 Å². The lowest BCUT2D eigenvalue weighted by atomic mass is 10.2. The molecule has 1 aromatic heterocycles. The number of nitrogens with zero attached hydrogens (tertiary/aromatic N) is 3. The Kier molecular flexibility index (Phi) is 4.68. The van der Waals surface area contributed by atoms with Crippen LogP contribution in [0.5, 0.6) is 0 Å². The summed E-state index contributed by atoms with van der Waals surface area (Å²) < 4.78 is 0. The molecule has 21 heavy (non-hydrogen) atoms. The fraction of sp³-hybridized carbons (Fsp3) is 0.353. The van der Waals surface area contributed by atoms with Gasteiger partial charge in [0.2, 0.25) is 0 Å². The Morgan fingerprint density at radius 1 is 1.05 bits per heavy atom. The van der Waals surface area contributed by atoms with E-state index in [-0.39, 0.29) is 0 Å². The molecule has 0 aliphatic carbocycles. The van der Waals surface area contributed by atoms with Gasteiger partial charge in [-0.1, -0.05) is 30.3 Å². The summed E-state index contributed by atoms with van der Waals surface area (Å²) in [7, 11) is 0. The lowest BCUT2D eigenvalue weighted by Gasteiger charge is -2.32. The molecule has 0 bridgehead atoms. The van der Waals surface area contributed by atoms with Crippen molar-refractivity contribution in [3.8, 4) is 10.4 Å². The van der Waals surface area contributed by atoms with E-state index in [4.69, 9.17) is 0 Å². The van der Waals surface area contributed by atoms with E-state index in [1.165, 1.54) is 15.3 Å². The van der Waals surface area contributed by atoms with Gasteiger partial charge in [0.05, 0.1) is 0 Å². The molecular formula is C17H21N3S. The second-order valence-electron chi connectivity index (χ2n) is 5.24. The van der Waals surface area contributed by atoms with Gasteiger partial charge < -0.3 is 0 Å². The molecule has 110 valence electrons. The zero-order chi connectivity index (χ0) is 14.5. The molecule has 0 amide bonds. The fourth-order valence-corrected chi connectivity index (χ4v) is 3.67. The third-order valence-corrected chi connectivity index (χ3v) is 4.85. The number of thiophene rings is 1. The van der Waals surface area contributed by atoms with Crippen LogP contribution in [0.25, 0.3) is 10.4 Å². The first-order valence-electron chi connectivity index (χ1n) is 7.45. The predicted octanol–water partition coefficient (Wildman–Crippen LogP) is 3.54. The van der Waals surface area contributed by atoms with Gasteiger partial charge in [-0.05, 0) is 24.6 Å². The third kappa shape index (κ3) is 3.71. The van der Waals surface area contributed by atoms with Gasteiger partial charge in [0.25, 0.3) is 0 Å². The summed E-state index contributed by atoms with van der Waals surface area (Å²) in [5.41, 5.74) is 1.32. The van der Waals surface area contributed by atoms with E-state index in [1.54, 1.807) is 0 Å². The summed E-state index contributed by atoms with van der Waals surface area (Å²) in [6.07, 6.45) is 1.88. The van der Waals surface area contributed by atoms with Crippen LogP contribution in [0.1, 0.15) is 11.8 Å². The average Bonchev–Trinajstić information content (AvgIpc) is 2.99. The molecule has 1 aliphatic heterocycles. The maximum atomic E-state index is 4.35. The quantitative estimate of drug-likeness (QED) is 0.804. The van der Waals surface area contributed by atoms with Crippen molar-refractivity contribution in [3.05, 3.63) is 47.3 Å². The van der Waals surface area contributed by atoms with Crippen molar-refractivity contribution in [2.45, 2.75) is 13.5 Å². The van der Waals surface area contributed by atoms with Gasteiger partial charge in [-0.3, -0.25) is 9.91 Å². The van der Waals surface area contributed by atoms with Gasteiger partial charge in [-0.2, -0.15) is 5.10 Å². The molecule has 2 aromatic rings. The molecule has 0 atom stereocenters. The minimum absolute atomic E-state index is 1.03. The van der Waals surface area contributed by atoms with E-state index >= 15 is 0 Å². The first kappa shape index (κ1) is 14.3. The summed E-state index contributed by atoms with van der Waals surface area (Å²) in [5.74, 6) is 0. The Hall–Kier alpha value is -1.65. The van der Waals surface area contributed by atoms with Crippen molar-refractivity contribution in [2.24, 2.45) is 5.10 Å². The lowest BCUT2D eigenvalue weighted by molar-refractivity contribution is 0.132. The number of piperazine rings is 1. The van der Waals surface area contributed by atoms with E-state index < -0.39 is 0 Å². The molecule has 0 unspecified atom stereocenters. The largest absolute Gasteiger partial charge is 0.295 e. The van der Waals surface area contributed by atoms with Crippen LogP contribution < -0.4 is 0 Å². The normalized spacial score (nSPS) is 16.7. The van der Waals surface area contributed by atoms with Crippen LogP contribution in [0.3, 0.4) is 0 Å². The number of benzene rings is 1. The van der Waals surface area contributed by atoms with Crippen molar-refractivity contribution in [1.82, 2.24) is 9.91 Å². The van der Waals surface area contributed by atoms with Crippen LogP contribution in [0.4, 0.5) is 0 Å². The first-order chi connectivity index (χ1) is 10.3. The van der Waals surface area contributed by atoms with Gasteiger partial charge in [0.15, 0.2) is 0 Å². The van der Waals surface area contributed by atoms with E-state index in [0.717, 1.165) is 32.7 Å². The second kappa shape index (κ2) is 6.87. The number of hydrazone groups is 1. The Balaban J connectivity index is 1.58. The highest BCUT2D eigenvalue weighted by atomic mass is 32.1. The molecule has 1 saturated heterocycles. The van der Waals surface area contributed by atoms with Crippen LogP contribution in [0.2, 0.25) is 0 Å². The molecule has 0 N–H and O–H groups in total. The Labute approximate surface area is 130 Å². The number of rotatable bonds is 4. The van der Waals surface area contributed by atoms with Gasteiger partial charge in [-0.15, -0.1) is 11.3 Å². The Morgan fingerprint density at radius 3 is 2.52 bits per heavy atom. The van der Waals surface area contributed by atoms with Crippen molar-refractivity contribution in [2.75, 3.05) is 26.2 Å². The SMILES string of the molecule is C/C=N/N1CCN(Cc2ccc(-c3ccccc3)s2)CC1. The fourth-order valence-electron chi connectivity index (χ4n) is 2.62. The summed E-state index contributed by atoms with van der Waals surface area (Å²) in [4.78, 5) is 5.32. The van der Waals surface area contributed by atoms with Gasteiger partial charge in [-0.25, -0.2) is 0 Å². The zero-order valence-electron chi connectivity index (χ0n) is 12.4. The first-order valence-corrected chi connectivity index (χ1v) is 8.27. The molecule has 3 nitrogen and oxygen atoms in total. The Bertz CT molecular complexity index is 583. The van der Waals surface area contributed by atoms with Crippen molar-refractivity contribution < 1.29 is 0 Å². The van der Waals surface area contributed by atoms with E-state index in [9.17, 15) is 0 Å². The average molecular weight is 299 g/mol. The van der Waals surface area contributed by atoms with Crippen LogP contribution in [0, 0.1) is 0 Å². The molecule has 0 spiro atoms. The molecule has 4 heteroatoms. The molecule has 1 aromatic carbocycles. The van der Waals surface area contributed by atoms with Gasteiger partial charge >= 0.3 is 0 Å². The zero-order valence-corrected chi connectivity index (χ0v) is 13.2. The third-order valence-electron chi connectivity index (χ3n) is 3.73. The molecule has 1 fully saturated rings. The highest BCUT2D eigenvalue weighted by Gasteiger charge is 2.16. The summed E-state index contributed by atoms with van der Waals surface area (Å²) in [5, 5.41) is 6.51. The van der Waals surface area contributed by atoms with Gasteiger partial charge in [0.1, 0.15) is 0 Å². The molecule has 0 radical (unpaired) electrons. The molecule has 0 saturated carbocycles. The molecular weight excluding hydrogens is 278 g/mol. The van der Waals surface area contributed by atoms with Crippen molar-refractivity contribution in [3.63, 3.8) is 0 Å². The molecule has 2 heterocycles. The smallest absolute Gasteiger partial charge is 0.0488 e. The van der Waals surface area contributed by atoms with Crippen molar-refractivity contribution in [1.29, 1.82) is 0 Å². The second-order valence-corrected chi connectivity index (χ2v) is 6.40. The van der Waals surface area contributed by atoms with Crippen LogP contribution in [0.15, 0.2) is 47.6 Å². The number of hydrogen-bond donors (Lipinski definition) is 0. The molecule has 1 aliphatic rings. The van der Waals surface area contributed by atoms with Crippen LogP contribution in [-0.4, -0.2) is 42.3 Å². The highest BCUT2D eigenvalue weighted by Crippen LogP contribution is 2.28. The van der Waals surface area contributed by atoms with Crippen LogP contribution in [-0.2, 0) is 6.54 Å². The monoisotopic (exact) mass is 299 g/mol. The lowest BCUT2D eigenvalue weighted by Crippen LogP contribution is -2.43. The minimum Gasteiger partial charge on any atom is -0.295 e. The van der Waals surface area contributed by atoms with E-state index in [2.05, 4.69) is 57.5 Å². The summed E-state index contributed by atoms with van der Waals surface area (Å²) in [6.45, 7) is 7.28. The van der Waals surface area contributed by atoms with E-state index in [1.807, 2.05) is 24.5 Å². The number of hydrogen-bond acceptors (Lipinski definition) is 4. The summed E-state index contributed by atoms with van der Waals surface area (Å²) >= 11 is 1.91. The van der Waals surface area contributed by atoms with Crippen LogP contribution >= 0.6 is 11.3 Å². The maximum absolute atomic E-state index is 4.35. The predicted molar refractivity (Wildman–Crippen MR) is 90.8 cm³/mol. The molecule has 3 rings (SSSR count).